The van der Waals surface area contributed by atoms with Crippen LogP contribution >= 0.6 is 0 Å². The number of nitrogens with zero attached hydrogens (tertiary/aromatic N) is 2. The molecule has 3 heteroatoms. The summed E-state index contributed by atoms with van der Waals surface area (Å²) in [5.41, 5.74) is 6.01. The molecule has 3 aromatic heterocycles. The summed E-state index contributed by atoms with van der Waals surface area (Å²) in [5, 5.41) is 4.75. The van der Waals surface area contributed by atoms with Gasteiger partial charge in [-0.1, -0.05) is 48.5 Å². The third-order valence-corrected chi connectivity index (χ3v) is 5.18. The molecule has 3 aromatic carbocycles. The Balaban J connectivity index is 1.57. The van der Waals surface area contributed by atoms with Crippen molar-refractivity contribution in [2.45, 2.75) is 0 Å². The van der Waals surface area contributed by atoms with Crippen LogP contribution in [0.3, 0.4) is 0 Å². The lowest BCUT2D eigenvalue weighted by atomic mass is 10.1. The molecule has 0 amide bonds. The van der Waals surface area contributed by atoms with E-state index >= 15 is 0 Å². The Morgan fingerprint density at radius 3 is 2.19 bits per heavy atom. The topological polar surface area (TPSA) is 41.6 Å². The number of H-pyrrole nitrogens is 1. The third kappa shape index (κ3) is 2.22. The Bertz CT molecular complexity index is 1480. The summed E-state index contributed by atoms with van der Waals surface area (Å²) in [6.45, 7) is 0. The Morgan fingerprint density at radius 2 is 1.26 bits per heavy atom. The fourth-order valence-electron chi connectivity index (χ4n) is 3.82. The number of aromatic nitrogens is 3. The van der Waals surface area contributed by atoms with Crippen LogP contribution in [0.5, 0.6) is 0 Å². The summed E-state index contributed by atoms with van der Waals surface area (Å²) in [6, 6.07) is 29.2. The van der Waals surface area contributed by atoms with Crippen molar-refractivity contribution >= 4 is 43.6 Å². The second-order valence-corrected chi connectivity index (χ2v) is 6.85. The summed E-state index contributed by atoms with van der Waals surface area (Å²) in [6.07, 6.45) is 0. The minimum atomic E-state index is 0.892. The average molecular weight is 345 g/mol. The molecule has 6 aromatic rings. The van der Waals surface area contributed by atoms with Crippen molar-refractivity contribution in [2.75, 3.05) is 0 Å². The molecule has 0 fully saturated rings. The van der Waals surface area contributed by atoms with E-state index in [-0.39, 0.29) is 0 Å². The maximum Gasteiger partial charge on any atom is 0.0894 e. The normalized spacial score (nSPS) is 11.7. The summed E-state index contributed by atoms with van der Waals surface area (Å²) >= 11 is 0. The molecule has 6 rings (SSSR count). The van der Waals surface area contributed by atoms with Crippen LogP contribution in [0, 0.1) is 0 Å². The molecule has 0 unspecified atom stereocenters. The minimum absolute atomic E-state index is 0.892. The predicted octanol–water partition coefficient (Wildman–Crippen LogP) is 6.08. The van der Waals surface area contributed by atoms with Crippen molar-refractivity contribution in [3.8, 4) is 11.4 Å². The fourth-order valence-corrected chi connectivity index (χ4v) is 3.82. The van der Waals surface area contributed by atoms with Gasteiger partial charge in [0, 0.05) is 32.6 Å². The summed E-state index contributed by atoms with van der Waals surface area (Å²) in [5.74, 6) is 0. The summed E-state index contributed by atoms with van der Waals surface area (Å²) < 4.78 is 0. The Labute approximate surface area is 155 Å². The van der Waals surface area contributed by atoms with Gasteiger partial charge in [-0.05, 0) is 36.4 Å². The van der Waals surface area contributed by atoms with E-state index in [4.69, 9.17) is 9.97 Å². The van der Waals surface area contributed by atoms with Crippen LogP contribution in [0.4, 0.5) is 0 Å². The first kappa shape index (κ1) is 14.4. The highest BCUT2D eigenvalue weighted by molar-refractivity contribution is 6.11. The molecule has 0 spiro atoms. The molecule has 0 aliphatic rings. The molecular weight excluding hydrogens is 330 g/mol. The number of pyridine rings is 2. The largest absolute Gasteiger partial charge is 0.354 e. The van der Waals surface area contributed by atoms with Gasteiger partial charge in [0.2, 0.25) is 0 Å². The molecule has 0 aliphatic carbocycles. The van der Waals surface area contributed by atoms with Gasteiger partial charge in [0.05, 0.1) is 22.4 Å². The first-order valence-corrected chi connectivity index (χ1v) is 9.03. The summed E-state index contributed by atoms with van der Waals surface area (Å²) in [7, 11) is 0. The maximum absolute atomic E-state index is 4.89. The second kappa shape index (κ2) is 5.39. The van der Waals surface area contributed by atoms with Crippen LogP contribution in [-0.2, 0) is 0 Å². The highest BCUT2D eigenvalue weighted by Crippen LogP contribution is 2.30. The van der Waals surface area contributed by atoms with Crippen LogP contribution < -0.4 is 0 Å². The van der Waals surface area contributed by atoms with E-state index in [9.17, 15) is 0 Å². The Morgan fingerprint density at radius 1 is 0.519 bits per heavy atom. The van der Waals surface area contributed by atoms with Crippen LogP contribution in [0.2, 0.25) is 0 Å². The lowest BCUT2D eigenvalue weighted by Gasteiger charge is -2.05. The van der Waals surface area contributed by atoms with Crippen LogP contribution in [-0.4, -0.2) is 15.0 Å². The van der Waals surface area contributed by atoms with Gasteiger partial charge in [-0.3, -0.25) is 0 Å². The first-order valence-electron chi connectivity index (χ1n) is 9.03. The zero-order valence-corrected chi connectivity index (χ0v) is 14.5. The van der Waals surface area contributed by atoms with Gasteiger partial charge in [0.25, 0.3) is 0 Å². The Hall–Kier alpha value is -3.72. The fraction of sp³-hybridized carbons (Fsp3) is 0. The van der Waals surface area contributed by atoms with Crippen molar-refractivity contribution in [3.63, 3.8) is 0 Å². The molecule has 27 heavy (non-hydrogen) atoms. The van der Waals surface area contributed by atoms with Crippen molar-refractivity contribution in [2.24, 2.45) is 0 Å². The summed E-state index contributed by atoms with van der Waals surface area (Å²) in [4.78, 5) is 13.2. The van der Waals surface area contributed by atoms with Crippen molar-refractivity contribution in [1.29, 1.82) is 0 Å². The van der Waals surface area contributed by atoms with Crippen LogP contribution in [0.1, 0.15) is 0 Å². The van der Waals surface area contributed by atoms with E-state index in [1.807, 2.05) is 24.3 Å². The van der Waals surface area contributed by atoms with Gasteiger partial charge >= 0.3 is 0 Å². The smallest absolute Gasteiger partial charge is 0.0894 e. The number of para-hydroxylation sites is 2. The van der Waals surface area contributed by atoms with E-state index in [2.05, 4.69) is 65.6 Å². The van der Waals surface area contributed by atoms with Gasteiger partial charge in [0.1, 0.15) is 0 Å². The minimum Gasteiger partial charge on any atom is -0.354 e. The van der Waals surface area contributed by atoms with Gasteiger partial charge in [-0.25, -0.2) is 9.97 Å². The molecule has 0 saturated carbocycles. The number of hydrogen-bond acceptors (Lipinski definition) is 2. The van der Waals surface area contributed by atoms with Gasteiger partial charge < -0.3 is 4.98 Å². The maximum atomic E-state index is 4.89. The van der Waals surface area contributed by atoms with E-state index in [0.717, 1.165) is 44.2 Å². The number of fused-ring (bicyclic) bond motifs is 5. The lowest BCUT2D eigenvalue weighted by Crippen LogP contribution is -1.89. The molecule has 0 aliphatic heterocycles. The number of nitrogens with one attached hydrogen (secondary N) is 1. The highest BCUT2D eigenvalue weighted by Gasteiger charge is 2.08. The van der Waals surface area contributed by atoms with Gasteiger partial charge in [0.15, 0.2) is 0 Å². The standard InChI is InChI=1S/C24H15N3/c1-3-7-19-15(5-1)9-11-21(25-19)22-12-10-16-13-18-17-6-2-4-8-20(17)26-24(18)14-23(16)27-22/h1-14,26H. The SMILES string of the molecule is c1ccc2nc(-c3ccc4cc5c(cc4n3)[nH]c3ccccc35)ccc2c1. The molecular formula is C24H15N3. The van der Waals surface area contributed by atoms with Crippen LogP contribution in [0.25, 0.3) is 55.0 Å². The molecule has 0 saturated heterocycles. The molecule has 126 valence electrons. The predicted molar refractivity (Wildman–Crippen MR) is 112 cm³/mol. The van der Waals surface area contributed by atoms with E-state index in [1.54, 1.807) is 0 Å². The molecule has 0 bridgehead atoms. The highest BCUT2D eigenvalue weighted by atomic mass is 14.8. The van der Waals surface area contributed by atoms with Gasteiger partial charge in [-0.15, -0.1) is 0 Å². The Kier molecular flexibility index (Phi) is 2.88. The first-order chi connectivity index (χ1) is 13.3. The average Bonchev–Trinajstić information content (AvgIpc) is 3.08. The molecule has 0 atom stereocenters. The van der Waals surface area contributed by atoms with E-state index in [1.165, 1.54) is 10.8 Å². The zero-order valence-electron chi connectivity index (χ0n) is 14.5. The van der Waals surface area contributed by atoms with Gasteiger partial charge in [-0.2, -0.15) is 0 Å². The van der Waals surface area contributed by atoms with Crippen molar-refractivity contribution in [3.05, 3.63) is 84.9 Å². The number of benzene rings is 3. The molecule has 3 nitrogen and oxygen atoms in total. The molecule has 0 radical (unpaired) electrons. The van der Waals surface area contributed by atoms with E-state index in [0.29, 0.717) is 0 Å². The molecule has 1 N–H and O–H groups in total. The molecule has 3 heterocycles. The van der Waals surface area contributed by atoms with Crippen LogP contribution in [0.15, 0.2) is 84.9 Å². The number of aromatic amines is 1. The zero-order chi connectivity index (χ0) is 17.8. The third-order valence-electron chi connectivity index (χ3n) is 5.18. The van der Waals surface area contributed by atoms with Crippen molar-refractivity contribution < 1.29 is 0 Å². The lowest BCUT2D eigenvalue weighted by molar-refractivity contribution is 1.32. The quantitative estimate of drug-likeness (QED) is 0.392. The van der Waals surface area contributed by atoms with E-state index < -0.39 is 0 Å². The second-order valence-electron chi connectivity index (χ2n) is 6.85. The number of hydrogen-bond donors (Lipinski definition) is 1. The monoisotopic (exact) mass is 345 g/mol. The van der Waals surface area contributed by atoms with Crippen molar-refractivity contribution in [1.82, 2.24) is 15.0 Å². The number of rotatable bonds is 1.